The maximum absolute atomic E-state index is 12.2. The Balaban J connectivity index is 1.66. The van der Waals surface area contributed by atoms with E-state index in [1.807, 2.05) is 24.3 Å². The van der Waals surface area contributed by atoms with Gasteiger partial charge >= 0.3 is 0 Å². The molecule has 1 N–H and O–H groups in total. The molecule has 3 aromatic rings. The minimum absolute atomic E-state index is 0.0221. The van der Waals surface area contributed by atoms with Crippen molar-refractivity contribution in [2.45, 2.75) is 13.3 Å². The SMILES string of the molecule is COc1ccc(-c2cc(CC(=O)Nc3ccc([N+](=O)[O-])cc3C)no2)cc1. The van der Waals surface area contributed by atoms with Crippen LogP contribution in [0.2, 0.25) is 0 Å². The van der Waals surface area contributed by atoms with Crippen LogP contribution >= 0.6 is 0 Å². The van der Waals surface area contributed by atoms with E-state index in [1.54, 1.807) is 20.1 Å². The maximum Gasteiger partial charge on any atom is 0.269 e. The molecule has 1 aromatic heterocycles. The molecule has 0 atom stereocenters. The average molecular weight is 367 g/mol. The summed E-state index contributed by atoms with van der Waals surface area (Å²) in [5.74, 6) is 0.991. The van der Waals surface area contributed by atoms with Crippen LogP contribution in [-0.2, 0) is 11.2 Å². The highest BCUT2D eigenvalue weighted by atomic mass is 16.6. The van der Waals surface area contributed by atoms with Gasteiger partial charge in [0, 0.05) is 29.4 Å². The molecule has 0 bridgehead atoms. The predicted molar refractivity (Wildman–Crippen MR) is 98.7 cm³/mol. The summed E-state index contributed by atoms with van der Waals surface area (Å²) in [6, 6.07) is 13.3. The van der Waals surface area contributed by atoms with Gasteiger partial charge in [-0.25, -0.2) is 0 Å². The standard InChI is InChI=1S/C19H17N3O5/c1-12-9-15(22(24)25)5-8-17(12)20-19(23)11-14-10-18(27-21-14)13-3-6-16(26-2)7-4-13/h3-10H,11H2,1-2H3,(H,20,23). The van der Waals surface area contributed by atoms with Crippen molar-refractivity contribution >= 4 is 17.3 Å². The third-order valence-electron chi connectivity index (χ3n) is 3.97. The molecule has 0 aliphatic heterocycles. The van der Waals surface area contributed by atoms with Crippen molar-refractivity contribution in [1.82, 2.24) is 5.16 Å². The van der Waals surface area contributed by atoms with Crippen LogP contribution in [-0.4, -0.2) is 23.1 Å². The van der Waals surface area contributed by atoms with Crippen molar-refractivity contribution in [1.29, 1.82) is 0 Å². The number of nitrogens with one attached hydrogen (secondary N) is 1. The lowest BCUT2D eigenvalue weighted by molar-refractivity contribution is -0.384. The van der Waals surface area contributed by atoms with Crippen molar-refractivity contribution < 1.29 is 19.0 Å². The molecule has 0 aliphatic rings. The number of methoxy groups -OCH3 is 1. The van der Waals surface area contributed by atoms with E-state index < -0.39 is 4.92 Å². The van der Waals surface area contributed by atoms with E-state index in [2.05, 4.69) is 10.5 Å². The van der Waals surface area contributed by atoms with Gasteiger partial charge in [0.15, 0.2) is 5.76 Å². The molecule has 3 rings (SSSR count). The molecule has 1 heterocycles. The number of amides is 1. The first-order valence-corrected chi connectivity index (χ1v) is 8.11. The van der Waals surface area contributed by atoms with Gasteiger partial charge in [-0.15, -0.1) is 0 Å². The Morgan fingerprint density at radius 3 is 2.59 bits per heavy atom. The largest absolute Gasteiger partial charge is 0.497 e. The lowest BCUT2D eigenvalue weighted by Crippen LogP contribution is -2.15. The van der Waals surface area contributed by atoms with E-state index in [9.17, 15) is 14.9 Å². The van der Waals surface area contributed by atoms with Crippen molar-refractivity contribution in [3.8, 4) is 17.1 Å². The Kier molecular flexibility index (Phi) is 5.16. The first kappa shape index (κ1) is 18.1. The van der Waals surface area contributed by atoms with Gasteiger partial charge in [0.2, 0.25) is 5.91 Å². The summed E-state index contributed by atoms with van der Waals surface area (Å²) in [5.41, 5.74) is 2.41. The van der Waals surface area contributed by atoms with Gasteiger partial charge in [0.05, 0.1) is 24.1 Å². The monoisotopic (exact) mass is 367 g/mol. The number of nitrogens with zero attached hydrogens (tertiary/aromatic N) is 2. The molecule has 8 nitrogen and oxygen atoms in total. The number of carbonyl (C=O) groups is 1. The molecule has 0 saturated carbocycles. The van der Waals surface area contributed by atoms with Crippen molar-refractivity contribution in [3.05, 3.63) is 69.9 Å². The van der Waals surface area contributed by atoms with Crippen LogP contribution in [0, 0.1) is 17.0 Å². The summed E-state index contributed by atoms with van der Waals surface area (Å²) in [7, 11) is 1.59. The van der Waals surface area contributed by atoms with Gasteiger partial charge in [-0.05, 0) is 42.8 Å². The van der Waals surface area contributed by atoms with Gasteiger partial charge < -0.3 is 14.6 Å². The average Bonchev–Trinajstić information content (AvgIpc) is 3.11. The zero-order valence-corrected chi connectivity index (χ0v) is 14.8. The Bertz CT molecular complexity index is 979. The molecule has 0 fully saturated rings. The Morgan fingerprint density at radius 2 is 1.96 bits per heavy atom. The zero-order valence-electron chi connectivity index (χ0n) is 14.8. The number of anilines is 1. The van der Waals surface area contributed by atoms with Gasteiger partial charge in [0.1, 0.15) is 5.75 Å². The molecular weight excluding hydrogens is 350 g/mol. The normalized spacial score (nSPS) is 10.4. The van der Waals surface area contributed by atoms with Crippen LogP contribution in [0.1, 0.15) is 11.3 Å². The highest BCUT2D eigenvalue weighted by molar-refractivity contribution is 5.93. The van der Waals surface area contributed by atoms with Crippen LogP contribution in [0.25, 0.3) is 11.3 Å². The first-order valence-electron chi connectivity index (χ1n) is 8.11. The number of hydrogen-bond donors (Lipinski definition) is 1. The van der Waals surface area contributed by atoms with Crippen LogP contribution in [0.4, 0.5) is 11.4 Å². The number of rotatable bonds is 6. The second-order valence-corrected chi connectivity index (χ2v) is 5.89. The zero-order chi connectivity index (χ0) is 19.4. The van der Waals surface area contributed by atoms with Gasteiger partial charge in [-0.1, -0.05) is 5.16 Å². The number of ether oxygens (including phenoxy) is 1. The quantitative estimate of drug-likeness (QED) is 0.525. The fourth-order valence-electron chi connectivity index (χ4n) is 2.55. The summed E-state index contributed by atoms with van der Waals surface area (Å²) in [6.45, 7) is 1.69. The van der Waals surface area contributed by atoms with Crippen LogP contribution in [0.5, 0.6) is 5.75 Å². The summed E-state index contributed by atoms with van der Waals surface area (Å²) in [4.78, 5) is 22.5. The van der Waals surface area contributed by atoms with E-state index in [0.29, 0.717) is 22.7 Å². The van der Waals surface area contributed by atoms with E-state index in [4.69, 9.17) is 9.26 Å². The molecule has 8 heteroatoms. The van der Waals surface area contributed by atoms with Gasteiger partial charge in [-0.2, -0.15) is 0 Å². The van der Waals surface area contributed by atoms with Crippen molar-refractivity contribution in [2.24, 2.45) is 0 Å². The number of nitro groups is 1. The number of aryl methyl sites for hydroxylation is 1. The summed E-state index contributed by atoms with van der Waals surface area (Å²) >= 11 is 0. The fourth-order valence-corrected chi connectivity index (χ4v) is 2.55. The summed E-state index contributed by atoms with van der Waals surface area (Å²) in [6.07, 6.45) is 0.0239. The molecule has 27 heavy (non-hydrogen) atoms. The number of hydrogen-bond acceptors (Lipinski definition) is 6. The van der Waals surface area contributed by atoms with E-state index in [-0.39, 0.29) is 18.0 Å². The van der Waals surface area contributed by atoms with Crippen molar-refractivity contribution in [3.63, 3.8) is 0 Å². The predicted octanol–water partition coefficient (Wildman–Crippen LogP) is 3.75. The maximum atomic E-state index is 12.2. The van der Waals surface area contributed by atoms with Crippen LogP contribution < -0.4 is 10.1 Å². The highest BCUT2D eigenvalue weighted by Gasteiger charge is 2.13. The number of benzene rings is 2. The number of carbonyl (C=O) groups excluding carboxylic acids is 1. The van der Waals surface area contributed by atoms with E-state index >= 15 is 0 Å². The lowest BCUT2D eigenvalue weighted by atomic mass is 10.1. The van der Waals surface area contributed by atoms with Gasteiger partial charge in [-0.3, -0.25) is 14.9 Å². The third kappa shape index (κ3) is 4.30. The first-order chi connectivity index (χ1) is 13.0. The van der Waals surface area contributed by atoms with Crippen LogP contribution in [0.3, 0.4) is 0 Å². The fraction of sp³-hybridized carbons (Fsp3) is 0.158. The second kappa shape index (κ2) is 7.69. The van der Waals surface area contributed by atoms with E-state index in [1.165, 1.54) is 18.2 Å². The Labute approximate surface area is 154 Å². The second-order valence-electron chi connectivity index (χ2n) is 5.89. The minimum Gasteiger partial charge on any atom is -0.497 e. The molecule has 0 unspecified atom stereocenters. The topological polar surface area (TPSA) is 108 Å². The molecule has 0 aliphatic carbocycles. The molecule has 1 amide bonds. The summed E-state index contributed by atoms with van der Waals surface area (Å²) < 4.78 is 10.4. The molecule has 138 valence electrons. The number of nitro benzene ring substituents is 1. The third-order valence-corrected chi connectivity index (χ3v) is 3.97. The van der Waals surface area contributed by atoms with Crippen molar-refractivity contribution in [2.75, 3.05) is 12.4 Å². The van der Waals surface area contributed by atoms with Crippen LogP contribution in [0.15, 0.2) is 53.1 Å². The summed E-state index contributed by atoms with van der Waals surface area (Å²) in [5, 5.41) is 17.4. The Hall–Kier alpha value is -3.68. The molecule has 0 spiro atoms. The van der Waals surface area contributed by atoms with E-state index in [0.717, 1.165) is 11.3 Å². The molecular formula is C19H17N3O5. The van der Waals surface area contributed by atoms with Gasteiger partial charge in [0.25, 0.3) is 5.69 Å². The minimum atomic E-state index is -0.477. The number of aromatic nitrogens is 1. The molecule has 2 aromatic carbocycles. The Morgan fingerprint density at radius 1 is 1.22 bits per heavy atom. The molecule has 0 radical (unpaired) electrons. The lowest BCUT2D eigenvalue weighted by Gasteiger charge is -2.07. The number of non-ortho nitro benzene ring substituents is 1. The smallest absolute Gasteiger partial charge is 0.269 e. The highest BCUT2D eigenvalue weighted by Crippen LogP contribution is 2.24. The molecule has 0 saturated heterocycles.